The highest BCUT2D eigenvalue weighted by Crippen LogP contribution is 2.28. The lowest BCUT2D eigenvalue weighted by Gasteiger charge is -2.39. The third-order valence-electron chi connectivity index (χ3n) is 5.60. The standard InChI is InChI=1S/C24H25FN6O3/c1-14-3-8-20(17(25)11-14)34-16-6-4-15(5-7-16)24-28-18(22(26)32)12-21(29-24)31-10-9-30(2)13-19(31)23(27)33/h3-8,11-12,19H,9-10,13H2,1-2H3,(H2,26,32)(H2,27,33). The number of carbonyl (C=O) groups is 2. The Hall–Kier alpha value is -4.05. The van der Waals surface area contributed by atoms with Crippen molar-refractivity contribution in [2.24, 2.45) is 11.5 Å². The largest absolute Gasteiger partial charge is 0.454 e. The van der Waals surface area contributed by atoms with E-state index in [1.54, 1.807) is 48.2 Å². The maximum Gasteiger partial charge on any atom is 0.267 e. The summed E-state index contributed by atoms with van der Waals surface area (Å²) in [5.74, 6) is -0.492. The fourth-order valence-electron chi connectivity index (χ4n) is 3.76. The van der Waals surface area contributed by atoms with Gasteiger partial charge in [0.15, 0.2) is 17.4 Å². The summed E-state index contributed by atoms with van der Waals surface area (Å²) >= 11 is 0. The fraction of sp³-hybridized carbons (Fsp3) is 0.250. The predicted octanol–water partition coefficient (Wildman–Crippen LogP) is 2.09. The van der Waals surface area contributed by atoms with Crippen molar-refractivity contribution < 1.29 is 18.7 Å². The van der Waals surface area contributed by atoms with Crippen molar-refractivity contribution in [1.29, 1.82) is 0 Å². The molecule has 1 aliphatic rings. The van der Waals surface area contributed by atoms with Gasteiger partial charge in [-0.05, 0) is 55.9 Å². The first kappa shape index (κ1) is 23.1. The number of aromatic nitrogens is 2. The van der Waals surface area contributed by atoms with Crippen molar-refractivity contribution in [3.63, 3.8) is 0 Å². The van der Waals surface area contributed by atoms with Gasteiger partial charge in [-0.15, -0.1) is 0 Å². The number of rotatable bonds is 6. The molecule has 0 aliphatic carbocycles. The molecular formula is C24H25FN6O3. The van der Waals surface area contributed by atoms with Gasteiger partial charge in [-0.25, -0.2) is 14.4 Å². The first-order valence-corrected chi connectivity index (χ1v) is 10.7. The van der Waals surface area contributed by atoms with E-state index < -0.39 is 23.7 Å². The molecule has 0 saturated carbocycles. The molecule has 1 atom stereocenters. The topological polar surface area (TPSA) is 128 Å². The van der Waals surface area contributed by atoms with E-state index in [9.17, 15) is 14.0 Å². The van der Waals surface area contributed by atoms with Crippen molar-refractivity contribution in [3.8, 4) is 22.9 Å². The van der Waals surface area contributed by atoms with Crippen LogP contribution in [0.15, 0.2) is 48.5 Å². The van der Waals surface area contributed by atoms with Gasteiger partial charge in [-0.1, -0.05) is 6.07 Å². The molecule has 1 aliphatic heterocycles. The van der Waals surface area contributed by atoms with Gasteiger partial charge in [0, 0.05) is 31.3 Å². The van der Waals surface area contributed by atoms with Crippen LogP contribution in [0.5, 0.6) is 11.5 Å². The number of carbonyl (C=O) groups excluding carboxylic acids is 2. The van der Waals surface area contributed by atoms with Gasteiger partial charge in [0.2, 0.25) is 5.91 Å². The van der Waals surface area contributed by atoms with Crippen LogP contribution in [0.2, 0.25) is 0 Å². The number of amides is 2. The van der Waals surface area contributed by atoms with E-state index in [1.165, 1.54) is 12.1 Å². The average molecular weight is 465 g/mol. The predicted molar refractivity (Wildman–Crippen MR) is 125 cm³/mol. The molecule has 2 heterocycles. The Morgan fingerprint density at radius 2 is 1.79 bits per heavy atom. The number of ether oxygens (including phenoxy) is 1. The SMILES string of the molecule is Cc1ccc(Oc2ccc(-c3nc(C(N)=O)cc(N4CCN(C)CC4C(N)=O)n3)cc2)c(F)c1. The number of nitrogens with zero attached hydrogens (tertiary/aromatic N) is 4. The lowest BCUT2D eigenvalue weighted by Crippen LogP contribution is -2.57. The van der Waals surface area contributed by atoms with Crippen LogP contribution in [0.1, 0.15) is 16.1 Å². The lowest BCUT2D eigenvalue weighted by molar-refractivity contribution is -0.120. The van der Waals surface area contributed by atoms with E-state index in [0.29, 0.717) is 36.8 Å². The molecule has 10 heteroatoms. The van der Waals surface area contributed by atoms with Crippen molar-refractivity contribution >= 4 is 17.6 Å². The third kappa shape index (κ3) is 4.96. The summed E-state index contributed by atoms with van der Waals surface area (Å²) in [4.78, 5) is 36.6. The van der Waals surface area contributed by atoms with Crippen molar-refractivity contribution in [1.82, 2.24) is 14.9 Å². The number of aryl methyl sites for hydroxylation is 1. The average Bonchev–Trinajstić information content (AvgIpc) is 2.81. The van der Waals surface area contributed by atoms with Gasteiger partial charge in [-0.2, -0.15) is 0 Å². The smallest absolute Gasteiger partial charge is 0.267 e. The van der Waals surface area contributed by atoms with E-state index in [1.807, 2.05) is 11.9 Å². The second-order valence-electron chi connectivity index (χ2n) is 8.23. The minimum Gasteiger partial charge on any atom is -0.454 e. The van der Waals surface area contributed by atoms with E-state index in [-0.39, 0.29) is 17.3 Å². The highest BCUT2D eigenvalue weighted by molar-refractivity contribution is 5.92. The fourth-order valence-corrected chi connectivity index (χ4v) is 3.76. The third-order valence-corrected chi connectivity index (χ3v) is 5.60. The molecule has 0 spiro atoms. The minimum atomic E-state index is -0.718. The minimum absolute atomic E-state index is 0.0178. The van der Waals surface area contributed by atoms with Gasteiger partial charge in [0.25, 0.3) is 5.91 Å². The zero-order valence-corrected chi connectivity index (χ0v) is 18.9. The van der Waals surface area contributed by atoms with Gasteiger partial charge >= 0.3 is 0 Å². The Morgan fingerprint density at radius 1 is 1.06 bits per heavy atom. The first-order valence-electron chi connectivity index (χ1n) is 10.7. The summed E-state index contributed by atoms with van der Waals surface area (Å²) in [5.41, 5.74) is 12.5. The van der Waals surface area contributed by atoms with Crippen molar-refractivity contribution in [2.45, 2.75) is 13.0 Å². The van der Waals surface area contributed by atoms with Gasteiger partial charge in [0.1, 0.15) is 23.3 Å². The molecule has 3 aromatic rings. The van der Waals surface area contributed by atoms with Crippen LogP contribution < -0.4 is 21.1 Å². The van der Waals surface area contributed by atoms with Gasteiger partial charge in [0.05, 0.1) is 0 Å². The number of benzene rings is 2. The number of piperazine rings is 1. The number of hydrogen-bond donors (Lipinski definition) is 2. The molecule has 176 valence electrons. The molecule has 4 N–H and O–H groups in total. The molecule has 2 amide bonds. The molecule has 34 heavy (non-hydrogen) atoms. The number of likely N-dealkylation sites (N-methyl/N-ethyl adjacent to an activating group) is 1. The summed E-state index contributed by atoms with van der Waals surface area (Å²) in [7, 11) is 1.90. The van der Waals surface area contributed by atoms with Crippen LogP contribution in [0.4, 0.5) is 10.2 Å². The maximum absolute atomic E-state index is 14.1. The van der Waals surface area contributed by atoms with Gasteiger partial charge in [-0.3, -0.25) is 9.59 Å². The lowest BCUT2D eigenvalue weighted by atomic mass is 10.1. The summed E-state index contributed by atoms with van der Waals surface area (Å²) < 4.78 is 19.7. The Balaban J connectivity index is 1.65. The number of nitrogens with two attached hydrogens (primary N) is 2. The molecule has 0 radical (unpaired) electrons. The highest BCUT2D eigenvalue weighted by Gasteiger charge is 2.31. The molecule has 0 bridgehead atoms. The molecule has 1 fully saturated rings. The Morgan fingerprint density at radius 3 is 2.44 bits per heavy atom. The quantitative estimate of drug-likeness (QED) is 0.572. The number of primary amides is 2. The van der Waals surface area contributed by atoms with E-state index >= 15 is 0 Å². The van der Waals surface area contributed by atoms with E-state index in [4.69, 9.17) is 16.2 Å². The first-order chi connectivity index (χ1) is 16.2. The highest BCUT2D eigenvalue weighted by atomic mass is 19.1. The zero-order valence-electron chi connectivity index (χ0n) is 18.9. The molecule has 4 rings (SSSR count). The summed E-state index contributed by atoms with van der Waals surface area (Å²) in [5, 5.41) is 0. The van der Waals surface area contributed by atoms with Crippen LogP contribution in [0.3, 0.4) is 0 Å². The molecule has 1 unspecified atom stereocenters. The van der Waals surface area contributed by atoms with Crippen molar-refractivity contribution in [2.75, 3.05) is 31.6 Å². The van der Waals surface area contributed by atoms with Crippen LogP contribution in [0.25, 0.3) is 11.4 Å². The Kier molecular flexibility index (Phi) is 6.42. The van der Waals surface area contributed by atoms with E-state index in [2.05, 4.69) is 9.97 Å². The molecule has 9 nitrogen and oxygen atoms in total. The molecule has 2 aromatic carbocycles. The van der Waals surface area contributed by atoms with Crippen LogP contribution in [-0.4, -0.2) is 59.4 Å². The maximum atomic E-state index is 14.1. The Labute approximate surface area is 196 Å². The van der Waals surface area contributed by atoms with Gasteiger partial charge < -0.3 is 26.0 Å². The van der Waals surface area contributed by atoms with Crippen LogP contribution in [0, 0.1) is 12.7 Å². The van der Waals surface area contributed by atoms with Crippen LogP contribution >= 0.6 is 0 Å². The van der Waals surface area contributed by atoms with E-state index in [0.717, 1.165) is 5.56 Å². The van der Waals surface area contributed by atoms with Crippen LogP contribution in [-0.2, 0) is 4.79 Å². The normalized spacial score (nSPS) is 16.3. The molecular weight excluding hydrogens is 439 g/mol. The summed E-state index contributed by atoms with van der Waals surface area (Å²) in [6.07, 6.45) is 0. The summed E-state index contributed by atoms with van der Waals surface area (Å²) in [6.45, 7) is 3.41. The number of anilines is 1. The second kappa shape index (κ2) is 9.44. The Bertz CT molecular complexity index is 1230. The monoisotopic (exact) mass is 464 g/mol. The molecule has 1 aromatic heterocycles. The zero-order chi connectivity index (χ0) is 24.4. The summed E-state index contributed by atoms with van der Waals surface area (Å²) in [6, 6.07) is 12.3. The molecule has 1 saturated heterocycles. The second-order valence-corrected chi connectivity index (χ2v) is 8.23. The number of halogens is 1. The number of hydrogen-bond acceptors (Lipinski definition) is 7. The van der Waals surface area contributed by atoms with Crippen molar-refractivity contribution in [3.05, 3.63) is 65.6 Å².